The third-order valence-electron chi connectivity index (χ3n) is 2.83. The van der Waals surface area contributed by atoms with Crippen molar-refractivity contribution in [1.82, 2.24) is 0 Å². The Kier molecular flexibility index (Phi) is 4.20. The molecule has 0 aromatic heterocycles. The van der Waals surface area contributed by atoms with Crippen LogP contribution in [-0.2, 0) is 9.84 Å². The van der Waals surface area contributed by atoms with Gasteiger partial charge in [-0.05, 0) is 42.0 Å². The van der Waals surface area contributed by atoms with Crippen LogP contribution in [-0.4, -0.2) is 27.9 Å². The summed E-state index contributed by atoms with van der Waals surface area (Å²) in [6.45, 7) is 0. The van der Waals surface area contributed by atoms with E-state index in [1.807, 2.05) is 31.3 Å². The second kappa shape index (κ2) is 5.88. The van der Waals surface area contributed by atoms with Crippen molar-refractivity contribution >= 4 is 27.4 Å². The van der Waals surface area contributed by atoms with Gasteiger partial charge in [-0.25, -0.2) is 8.42 Å². The van der Waals surface area contributed by atoms with Gasteiger partial charge in [-0.3, -0.25) is 4.99 Å². The monoisotopic (exact) mass is 288 g/mol. The number of nitrogens with zero attached hydrogens (tertiary/aromatic N) is 1. The summed E-state index contributed by atoms with van der Waals surface area (Å²) in [6.07, 6.45) is 2.93. The van der Waals surface area contributed by atoms with Gasteiger partial charge in [0.1, 0.15) is 0 Å². The van der Waals surface area contributed by atoms with Crippen LogP contribution >= 0.6 is 0 Å². The molecule has 0 aliphatic carbocycles. The Balaban J connectivity index is 2.14. The van der Waals surface area contributed by atoms with E-state index in [1.165, 1.54) is 6.26 Å². The molecule has 0 aliphatic rings. The smallest absolute Gasteiger partial charge is 0.175 e. The zero-order chi connectivity index (χ0) is 14.6. The average Bonchev–Trinajstić information content (AvgIpc) is 2.45. The molecule has 0 amide bonds. The minimum absolute atomic E-state index is 0.301. The van der Waals surface area contributed by atoms with Gasteiger partial charge in [-0.2, -0.15) is 0 Å². The van der Waals surface area contributed by atoms with Crippen LogP contribution < -0.4 is 5.32 Å². The summed E-state index contributed by atoms with van der Waals surface area (Å²) in [7, 11) is -1.29. The third kappa shape index (κ3) is 3.68. The highest BCUT2D eigenvalue weighted by atomic mass is 32.2. The Morgan fingerprint density at radius 3 is 2.10 bits per heavy atom. The summed E-state index contributed by atoms with van der Waals surface area (Å²) >= 11 is 0. The molecule has 0 saturated carbocycles. The fourth-order valence-corrected chi connectivity index (χ4v) is 2.29. The van der Waals surface area contributed by atoms with E-state index in [2.05, 4.69) is 10.3 Å². The number of sulfone groups is 1. The van der Waals surface area contributed by atoms with E-state index in [-0.39, 0.29) is 0 Å². The summed E-state index contributed by atoms with van der Waals surface area (Å²) in [5, 5.41) is 3.05. The summed E-state index contributed by atoms with van der Waals surface area (Å²) < 4.78 is 22.7. The van der Waals surface area contributed by atoms with Gasteiger partial charge < -0.3 is 5.32 Å². The summed E-state index contributed by atoms with van der Waals surface area (Å²) in [5.74, 6) is 0. The van der Waals surface area contributed by atoms with Crippen LogP contribution in [0, 0.1) is 0 Å². The number of nitrogens with one attached hydrogen (secondary N) is 1. The Hall–Kier alpha value is -2.14. The van der Waals surface area contributed by atoms with E-state index in [1.54, 1.807) is 30.5 Å². The lowest BCUT2D eigenvalue weighted by Gasteiger charge is -2.00. The van der Waals surface area contributed by atoms with E-state index < -0.39 is 9.84 Å². The molecule has 0 radical (unpaired) electrons. The van der Waals surface area contributed by atoms with Crippen molar-refractivity contribution in [1.29, 1.82) is 0 Å². The molecule has 1 N–H and O–H groups in total. The lowest BCUT2D eigenvalue weighted by atomic mass is 10.2. The summed E-state index contributed by atoms with van der Waals surface area (Å²) in [6, 6.07) is 14.4. The second-order valence-corrected chi connectivity index (χ2v) is 6.41. The SMILES string of the molecule is CNc1ccc(/C=N/c2ccc(S(C)(=O)=O)cc2)cc1. The Morgan fingerprint density at radius 2 is 1.60 bits per heavy atom. The molecule has 0 atom stereocenters. The Bertz CT molecular complexity index is 703. The molecule has 0 spiro atoms. The number of hydrogen-bond donors (Lipinski definition) is 1. The molecule has 0 fully saturated rings. The molecule has 0 unspecified atom stereocenters. The van der Waals surface area contributed by atoms with Crippen molar-refractivity contribution in [3.8, 4) is 0 Å². The summed E-state index contributed by atoms with van der Waals surface area (Å²) in [4.78, 5) is 4.62. The predicted molar refractivity (Wildman–Crippen MR) is 82.8 cm³/mol. The van der Waals surface area contributed by atoms with Crippen LogP contribution in [0.15, 0.2) is 58.4 Å². The molecule has 2 rings (SSSR count). The molecule has 2 aromatic carbocycles. The van der Waals surface area contributed by atoms with Crippen LogP contribution in [0.5, 0.6) is 0 Å². The van der Waals surface area contributed by atoms with Crippen LogP contribution in [0.2, 0.25) is 0 Å². The van der Waals surface area contributed by atoms with Crippen molar-refractivity contribution in [2.45, 2.75) is 4.90 Å². The predicted octanol–water partition coefficient (Wildman–Crippen LogP) is 2.88. The number of rotatable bonds is 4. The van der Waals surface area contributed by atoms with Crippen molar-refractivity contribution in [2.24, 2.45) is 4.99 Å². The molecule has 5 heteroatoms. The van der Waals surface area contributed by atoms with Crippen molar-refractivity contribution in [3.63, 3.8) is 0 Å². The highest BCUT2D eigenvalue weighted by Gasteiger charge is 2.05. The average molecular weight is 288 g/mol. The quantitative estimate of drug-likeness (QED) is 0.880. The van der Waals surface area contributed by atoms with Crippen molar-refractivity contribution < 1.29 is 8.42 Å². The van der Waals surface area contributed by atoms with Gasteiger partial charge in [0, 0.05) is 25.2 Å². The standard InChI is InChI=1S/C15H16N2O2S/c1-16-13-5-3-12(4-6-13)11-17-14-7-9-15(10-8-14)20(2,18)19/h3-11,16H,1-2H3/b17-11+. The first kappa shape index (κ1) is 14.3. The van der Waals surface area contributed by atoms with Gasteiger partial charge in [0.2, 0.25) is 0 Å². The molecular weight excluding hydrogens is 272 g/mol. The minimum Gasteiger partial charge on any atom is -0.388 e. The van der Waals surface area contributed by atoms with Crippen molar-refractivity contribution in [2.75, 3.05) is 18.6 Å². The molecule has 0 heterocycles. The number of hydrogen-bond acceptors (Lipinski definition) is 4. The minimum atomic E-state index is -3.15. The zero-order valence-electron chi connectivity index (χ0n) is 11.4. The van der Waals surface area contributed by atoms with Gasteiger partial charge >= 0.3 is 0 Å². The molecule has 104 valence electrons. The molecular formula is C15H16N2O2S. The highest BCUT2D eigenvalue weighted by molar-refractivity contribution is 7.90. The fourth-order valence-electron chi connectivity index (χ4n) is 1.66. The highest BCUT2D eigenvalue weighted by Crippen LogP contribution is 2.16. The van der Waals surface area contributed by atoms with E-state index >= 15 is 0 Å². The fraction of sp³-hybridized carbons (Fsp3) is 0.133. The molecule has 0 aliphatic heterocycles. The Labute approximate surface area is 119 Å². The molecule has 2 aromatic rings. The lowest BCUT2D eigenvalue weighted by molar-refractivity contribution is 0.602. The van der Waals surface area contributed by atoms with Gasteiger partial charge in [0.15, 0.2) is 9.84 Å². The lowest BCUT2D eigenvalue weighted by Crippen LogP contribution is -1.95. The van der Waals surface area contributed by atoms with E-state index in [0.29, 0.717) is 4.90 Å². The number of benzene rings is 2. The molecule has 0 bridgehead atoms. The molecule has 4 nitrogen and oxygen atoms in total. The first-order chi connectivity index (χ1) is 9.49. The zero-order valence-corrected chi connectivity index (χ0v) is 12.2. The first-order valence-electron chi connectivity index (χ1n) is 6.11. The molecule has 0 saturated heterocycles. The van der Waals surface area contributed by atoms with Crippen molar-refractivity contribution in [3.05, 3.63) is 54.1 Å². The number of aliphatic imine (C=N–C) groups is 1. The normalized spacial score (nSPS) is 11.7. The summed E-state index contributed by atoms with van der Waals surface area (Å²) in [5.41, 5.74) is 2.74. The van der Waals surface area contributed by atoms with Gasteiger partial charge in [-0.1, -0.05) is 12.1 Å². The van der Waals surface area contributed by atoms with E-state index in [9.17, 15) is 8.42 Å². The van der Waals surface area contributed by atoms with Crippen LogP contribution in [0.4, 0.5) is 11.4 Å². The first-order valence-corrected chi connectivity index (χ1v) is 8.00. The maximum Gasteiger partial charge on any atom is 0.175 e. The van der Waals surface area contributed by atoms with Gasteiger partial charge in [-0.15, -0.1) is 0 Å². The maximum absolute atomic E-state index is 11.3. The molecule has 20 heavy (non-hydrogen) atoms. The van der Waals surface area contributed by atoms with Crippen LogP contribution in [0.1, 0.15) is 5.56 Å². The van der Waals surface area contributed by atoms with Crippen LogP contribution in [0.3, 0.4) is 0 Å². The Morgan fingerprint density at radius 1 is 1.00 bits per heavy atom. The van der Waals surface area contributed by atoms with Crippen LogP contribution in [0.25, 0.3) is 0 Å². The van der Waals surface area contributed by atoms with Gasteiger partial charge in [0.25, 0.3) is 0 Å². The van der Waals surface area contributed by atoms with E-state index in [4.69, 9.17) is 0 Å². The van der Waals surface area contributed by atoms with Gasteiger partial charge in [0.05, 0.1) is 10.6 Å². The third-order valence-corrected chi connectivity index (χ3v) is 3.96. The largest absolute Gasteiger partial charge is 0.388 e. The topological polar surface area (TPSA) is 58.5 Å². The maximum atomic E-state index is 11.3. The second-order valence-electron chi connectivity index (χ2n) is 4.40. The van der Waals surface area contributed by atoms with E-state index in [0.717, 1.165) is 16.9 Å². The number of anilines is 1.